The fourth-order valence-corrected chi connectivity index (χ4v) is 1.90. The first-order chi connectivity index (χ1) is 10.4. The number of nitrogens with zero attached hydrogens (tertiary/aromatic N) is 1. The number of benzene rings is 1. The molecule has 0 amide bonds. The summed E-state index contributed by atoms with van der Waals surface area (Å²) in [5.41, 5.74) is -2.43. The van der Waals surface area contributed by atoms with Crippen LogP contribution in [0.25, 0.3) is 11.0 Å². The maximum Gasteiger partial charge on any atom is 0.338 e. The van der Waals surface area contributed by atoms with Gasteiger partial charge in [0.25, 0.3) is 0 Å². The normalized spacial score (nSPS) is 10.3. The van der Waals surface area contributed by atoms with Crippen LogP contribution in [0.4, 0.5) is 5.69 Å². The number of nitro groups is 1. The number of ether oxygens (including phenoxy) is 2. The fourth-order valence-electron chi connectivity index (χ4n) is 1.90. The summed E-state index contributed by atoms with van der Waals surface area (Å²) >= 11 is 0. The molecule has 2 rings (SSSR count). The molecule has 0 fully saturated rings. The minimum absolute atomic E-state index is 0.0962. The predicted molar refractivity (Wildman–Crippen MR) is 71.8 cm³/mol. The SMILES string of the molecule is COC(=O)c1cc([N+](=O)[O-])c2oc(=O)cc(C(=O)OC)c2c1. The van der Waals surface area contributed by atoms with Gasteiger partial charge >= 0.3 is 23.3 Å². The van der Waals surface area contributed by atoms with Gasteiger partial charge in [-0.1, -0.05) is 0 Å². The van der Waals surface area contributed by atoms with Crippen LogP contribution in [0.5, 0.6) is 0 Å². The highest BCUT2D eigenvalue weighted by Gasteiger charge is 2.24. The van der Waals surface area contributed by atoms with Crippen LogP contribution in [0.1, 0.15) is 20.7 Å². The van der Waals surface area contributed by atoms with Crippen LogP contribution in [0.15, 0.2) is 27.4 Å². The Morgan fingerprint density at radius 1 is 1.14 bits per heavy atom. The second-order valence-corrected chi connectivity index (χ2v) is 4.09. The molecule has 0 radical (unpaired) electrons. The van der Waals surface area contributed by atoms with Crippen LogP contribution in [0.2, 0.25) is 0 Å². The van der Waals surface area contributed by atoms with E-state index in [4.69, 9.17) is 4.42 Å². The third-order valence-electron chi connectivity index (χ3n) is 2.85. The maximum atomic E-state index is 11.7. The molecule has 1 aromatic carbocycles. The van der Waals surface area contributed by atoms with Crippen LogP contribution in [0, 0.1) is 10.1 Å². The number of hydrogen-bond acceptors (Lipinski definition) is 8. The molecule has 0 saturated carbocycles. The third-order valence-corrected chi connectivity index (χ3v) is 2.85. The highest BCUT2D eigenvalue weighted by molar-refractivity contribution is 6.07. The van der Waals surface area contributed by atoms with E-state index in [1.165, 1.54) is 0 Å². The molecule has 0 aliphatic rings. The van der Waals surface area contributed by atoms with Crippen molar-refractivity contribution < 1.29 is 28.4 Å². The molecule has 9 nitrogen and oxygen atoms in total. The first-order valence-electron chi connectivity index (χ1n) is 5.82. The van der Waals surface area contributed by atoms with E-state index < -0.39 is 33.8 Å². The van der Waals surface area contributed by atoms with Crippen molar-refractivity contribution in [2.24, 2.45) is 0 Å². The van der Waals surface area contributed by atoms with Crippen LogP contribution in [-0.4, -0.2) is 31.1 Å². The molecule has 0 bridgehead atoms. The van der Waals surface area contributed by atoms with Gasteiger partial charge in [-0.25, -0.2) is 14.4 Å². The lowest BCUT2D eigenvalue weighted by molar-refractivity contribution is -0.383. The van der Waals surface area contributed by atoms with Gasteiger partial charge in [-0.3, -0.25) is 10.1 Å². The van der Waals surface area contributed by atoms with Crippen molar-refractivity contribution in [3.8, 4) is 0 Å². The number of non-ortho nitro benzene ring substituents is 1. The van der Waals surface area contributed by atoms with Crippen molar-refractivity contribution in [1.29, 1.82) is 0 Å². The Morgan fingerprint density at radius 2 is 1.77 bits per heavy atom. The molecular weight excluding hydrogens is 298 g/mol. The average Bonchev–Trinajstić information content (AvgIpc) is 2.51. The summed E-state index contributed by atoms with van der Waals surface area (Å²) < 4.78 is 13.8. The minimum Gasteiger partial charge on any atom is -0.465 e. The summed E-state index contributed by atoms with van der Waals surface area (Å²) in [6.07, 6.45) is 0. The minimum atomic E-state index is -0.957. The van der Waals surface area contributed by atoms with Crippen molar-refractivity contribution in [2.75, 3.05) is 14.2 Å². The average molecular weight is 307 g/mol. The number of methoxy groups -OCH3 is 2. The lowest BCUT2D eigenvalue weighted by Gasteiger charge is -2.06. The number of rotatable bonds is 3. The summed E-state index contributed by atoms with van der Waals surface area (Å²) in [4.78, 5) is 45.1. The lowest BCUT2D eigenvalue weighted by Crippen LogP contribution is -2.10. The Bertz CT molecular complexity index is 851. The number of carbonyl (C=O) groups is 2. The Balaban J connectivity index is 2.96. The zero-order valence-electron chi connectivity index (χ0n) is 11.4. The third kappa shape index (κ3) is 2.51. The van der Waals surface area contributed by atoms with Crippen LogP contribution >= 0.6 is 0 Å². The first kappa shape index (κ1) is 15.2. The summed E-state index contributed by atoms with van der Waals surface area (Å²) in [5, 5.41) is 11.0. The molecule has 0 aliphatic carbocycles. The van der Waals surface area contributed by atoms with Gasteiger partial charge < -0.3 is 13.9 Å². The van der Waals surface area contributed by atoms with E-state index in [1.807, 2.05) is 0 Å². The molecule has 0 N–H and O–H groups in total. The van der Waals surface area contributed by atoms with Crippen molar-refractivity contribution in [1.82, 2.24) is 0 Å². The van der Waals surface area contributed by atoms with Crippen molar-refractivity contribution in [2.45, 2.75) is 0 Å². The first-order valence-corrected chi connectivity index (χ1v) is 5.82. The van der Waals surface area contributed by atoms with Gasteiger partial charge in [0.2, 0.25) is 5.58 Å². The maximum absolute atomic E-state index is 11.7. The molecule has 0 aliphatic heterocycles. The van der Waals surface area contributed by atoms with Gasteiger partial charge in [0, 0.05) is 17.5 Å². The number of carbonyl (C=O) groups excluding carboxylic acids is 2. The smallest absolute Gasteiger partial charge is 0.338 e. The molecule has 0 atom stereocenters. The molecule has 1 heterocycles. The topological polar surface area (TPSA) is 126 Å². The zero-order chi connectivity index (χ0) is 16.4. The largest absolute Gasteiger partial charge is 0.465 e. The van der Waals surface area contributed by atoms with Crippen molar-refractivity contribution in [3.63, 3.8) is 0 Å². The van der Waals surface area contributed by atoms with Crippen LogP contribution < -0.4 is 5.63 Å². The Kier molecular flexibility index (Phi) is 3.89. The van der Waals surface area contributed by atoms with Gasteiger partial charge in [0.15, 0.2) is 0 Å². The Morgan fingerprint density at radius 3 is 2.32 bits per heavy atom. The highest BCUT2D eigenvalue weighted by Crippen LogP contribution is 2.29. The summed E-state index contributed by atoms with van der Waals surface area (Å²) in [5.74, 6) is -1.73. The summed E-state index contributed by atoms with van der Waals surface area (Å²) in [7, 11) is 2.19. The molecule has 0 unspecified atom stereocenters. The van der Waals surface area contributed by atoms with E-state index in [2.05, 4.69) is 9.47 Å². The Hall–Kier alpha value is -3.23. The zero-order valence-corrected chi connectivity index (χ0v) is 11.4. The molecule has 22 heavy (non-hydrogen) atoms. The van der Waals surface area contributed by atoms with Gasteiger partial charge in [-0.05, 0) is 6.07 Å². The number of esters is 2. The molecular formula is C13H9NO8. The molecule has 0 spiro atoms. The number of hydrogen-bond donors (Lipinski definition) is 0. The highest BCUT2D eigenvalue weighted by atomic mass is 16.6. The molecule has 1 aromatic heterocycles. The molecule has 114 valence electrons. The van der Waals surface area contributed by atoms with E-state index in [0.29, 0.717) is 0 Å². The van der Waals surface area contributed by atoms with Crippen molar-refractivity contribution in [3.05, 3.63) is 49.9 Å². The summed E-state index contributed by atoms with van der Waals surface area (Å²) in [6.45, 7) is 0. The fraction of sp³-hybridized carbons (Fsp3) is 0.154. The van der Waals surface area contributed by atoms with E-state index in [0.717, 1.165) is 32.4 Å². The van der Waals surface area contributed by atoms with Crippen LogP contribution in [0.3, 0.4) is 0 Å². The quantitative estimate of drug-likeness (QED) is 0.359. The lowest BCUT2D eigenvalue weighted by atomic mass is 10.1. The van der Waals surface area contributed by atoms with Gasteiger partial charge in [0.1, 0.15) is 0 Å². The molecule has 2 aromatic rings. The van der Waals surface area contributed by atoms with Gasteiger partial charge in [0.05, 0.1) is 30.3 Å². The summed E-state index contributed by atoms with van der Waals surface area (Å²) in [6, 6.07) is 2.89. The molecule has 0 saturated heterocycles. The van der Waals surface area contributed by atoms with Crippen molar-refractivity contribution >= 4 is 28.6 Å². The van der Waals surface area contributed by atoms with E-state index in [-0.39, 0.29) is 16.5 Å². The van der Waals surface area contributed by atoms with Gasteiger partial charge in [-0.2, -0.15) is 0 Å². The van der Waals surface area contributed by atoms with E-state index >= 15 is 0 Å². The second kappa shape index (κ2) is 5.64. The monoisotopic (exact) mass is 307 g/mol. The number of fused-ring (bicyclic) bond motifs is 1. The Labute approximate surface area is 122 Å². The standard InChI is InChI=1S/C13H9NO8/c1-20-12(16)6-3-7-8(13(17)21-2)5-10(15)22-11(7)9(4-6)14(18)19/h3-5H,1-2H3. The predicted octanol–water partition coefficient (Wildman–Crippen LogP) is 1.27. The number of nitro benzene ring substituents is 1. The van der Waals surface area contributed by atoms with E-state index in [1.54, 1.807) is 0 Å². The van der Waals surface area contributed by atoms with Gasteiger partial charge in [-0.15, -0.1) is 0 Å². The van der Waals surface area contributed by atoms with E-state index in [9.17, 15) is 24.5 Å². The molecule has 9 heteroatoms. The second-order valence-electron chi connectivity index (χ2n) is 4.09. The van der Waals surface area contributed by atoms with Crippen LogP contribution in [-0.2, 0) is 9.47 Å².